The number of hydrogen-bond acceptors (Lipinski definition) is 2. The smallest absolute Gasteiger partial charge is 0.0534 e. The Bertz CT molecular complexity index is 421. The molecule has 16 heavy (non-hydrogen) atoms. The van der Waals surface area contributed by atoms with Crippen molar-refractivity contribution >= 4 is 0 Å². The van der Waals surface area contributed by atoms with Gasteiger partial charge in [0.1, 0.15) is 0 Å². The SMILES string of the molecule is Cc1cccc(CNCCn2cccn2)c1. The molecule has 0 bridgehead atoms. The van der Waals surface area contributed by atoms with Crippen molar-refractivity contribution < 1.29 is 0 Å². The Balaban J connectivity index is 1.72. The van der Waals surface area contributed by atoms with Gasteiger partial charge in [-0.25, -0.2) is 0 Å². The van der Waals surface area contributed by atoms with Crippen LogP contribution < -0.4 is 5.32 Å². The third-order valence-electron chi connectivity index (χ3n) is 2.49. The van der Waals surface area contributed by atoms with Crippen LogP contribution in [0.2, 0.25) is 0 Å². The molecule has 0 fully saturated rings. The van der Waals surface area contributed by atoms with E-state index < -0.39 is 0 Å². The van der Waals surface area contributed by atoms with Gasteiger partial charge in [0.2, 0.25) is 0 Å². The van der Waals surface area contributed by atoms with Crippen molar-refractivity contribution in [2.75, 3.05) is 6.54 Å². The standard InChI is InChI=1S/C13H17N3/c1-12-4-2-5-13(10-12)11-14-7-9-16-8-3-6-15-16/h2-6,8,10,14H,7,9,11H2,1H3. The molecule has 0 spiro atoms. The van der Waals surface area contributed by atoms with Gasteiger partial charge in [0.05, 0.1) is 6.54 Å². The van der Waals surface area contributed by atoms with Crippen LogP contribution in [-0.2, 0) is 13.1 Å². The van der Waals surface area contributed by atoms with E-state index in [-0.39, 0.29) is 0 Å². The highest BCUT2D eigenvalue weighted by atomic mass is 15.3. The first kappa shape index (κ1) is 10.9. The number of aryl methyl sites for hydroxylation is 1. The van der Waals surface area contributed by atoms with Crippen molar-refractivity contribution in [2.45, 2.75) is 20.0 Å². The number of nitrogens with one attached hydrogen (secondary N) is 1. The summed E-state index contributed by atoms with van der Waals surface area (Å²) in [6.45, 7) is 4.89. The van der Waals surface area contributed by atoms with Crippen LogP contribution in [0.4, 0.5) is 0 Å². The van der Waals surface area contributed by atoms with Crippen molar-refractivity contribution in [3.05, 3.63) is 53.9 Å². The van der Waals surface area contributed by atoms with E-state index in [4.69, 9.17) is 0 Å². The first-order valence-corrected chi connectivity index (χ1v) is 5.58. The molecule has 0 unspecified atom stereocenters. The van der Waals surface area contributed by atoms with Crippen molar-refractivity contribution in [3.8, 4) is 0 Å². The Morgan fingerprint density at radius 1 is 1.31 bits per heavy atom. The van der Waals surface area contributed by atoms with Gasteiger partial charge in [-0.05, 0) is 18.6 Å². The molecule has 0 radical (unpaired) electrons. The van der Waals surface area contributed by atoms with Crippen molar-refractivity contribution in [1.29, 1.82) is 0 Å². The van der Waals surface area contributed by atoms with E-state index in [0.717, 1.165) is 19.6 Å². The molecule has 0 aliphatic rings. The van der Waals surface area contributed by atoms with Gasteiger partial charge >= 0.3 is 0 Å². The Labute approximate surface area is 96.1 Å². The molecular weight excluding hydrogens is 198 g/mol. The molecule has 1 aromatic carbocycles. The third-order valence-corrected chi connectivity index (χ3v) is 2.49. The van der Waals surface area contributed by atoms with Gasteiger partial charge in [-0.3, -0.25) is 4.68 Å². The molecule has 2 aromatic rings. The van der Waals surface area contributed by atoms with E-state index >= 15 is 0 Å². The van der Waals surface area contributed by atoms with Crippen molar-refractivity contribution in [2.24, 2.45) is 0 Å². The normalized spacial score (nSPS) is 10.6. The molecule has 0 saturated carbocycles. The molecule has 3 nitrogen and oxygen atoms in total. The fourth-order valence-corrected chi connectivity index (χ4v) is 1.68. The van der Waals surface area contributed by atoms with Gasteiger partial charge in [0.25, 0.3) is 0 Å². The zero-order valence-electron chi connectivity index (χ0n) is 9.56. The lowest BCUT2D eigenvalue weighted by atomic mass is 10.1. The van der Waals surface area contributed by atoms with Gasteiger partial charge < -0.3 is 5.32 Å². The van der Waals surface area contributed by atoms with E-state index in [0.29, 0.717) is 0 Å². The van der Waals surface area contributed by atoms with Gasteiger partial charge in [-0.15, -0.1) is 0 Å². The number of aromatic nitrogens is 2. The summed E-state index contributed by atoms with van der Waals surface area (Å²) in [5.41, 5.74) is 2.65. The summed E-state index contributed by atoms with van der Waals surface area (Å²) in [6.07, 6.45) is 3.79. The second kappa shape index (κ2) is 5.47. The highest BCUT2D eigenvalue weighted by Gasteiger charge is 1.93. The Morgan fingerprint density at radius 2 is 2.25 bits per heavy atom. The fraction of sp³-hybridized carbons (Fsp3) is 0.308. The maximum Gasteiger partial charge on any atom is 0.0534 e. The van der Waals surface area contributed by atoms with Crippen LogP contribution in [0, 0.1) is 6.92 Å². The summed E-state index contributed by atoms with van der Waals surface area (Å²) in [6, 6.07) is 10.5. The highest BCUT2D eigenvalue weighted by Crippen LogP contribution is 2.02. The first-order chi connectivity index (χ1) is 7.84. The molecule has 0 amide bonds. The molecular formula is C13H17N3. The lowest BCUT2D eigenvalue weighted by molar-refractivity contribution is 0.555. The zero-order chi connectivity index (χ0) is 11.2. The molecule has 1 aromatic heterocycles. The predicted octanol–water partition coefficient (Wildman–Crippen LogP) is 1.98. The minimum Gasteiger partial charge on any atom is -0.311 e. The molecule has 0 saturated heterocycles. The molecule has 0 aliphatic carbocycles. The topological polar surface area (TPSA) is 29.9 Å². The van der Waals surface area contributed by atoms with Gasteiger partial charge in [0.15, 0.2) is 0 Å². The quantitative estimate of drug-likeness (QED) is 0.773. The Hall–Kier alpha value is -1.61. The summed E-state index contributed by atoms with van der Waals surface area (Å²) in [5, 5.41) is 7.56. The summed E-state index contributed by atoms with van der Waals surface area (Å²) < 4.78 is 1.93. The summed E-state index contributed by atoms with van der Waals surface area (Å²) >= 11 is 0. The monoisotopic (exact) mass is 215 g/mol. The van der Waals surface area contributed by atoms with Crippen molar-refractivity contribution in [3.63, 3.8) is 0 Å². The molecule has 0 aliphatic heterocycles. The lowest BCUT2D eigenvalue weighted by Crippen LogP contribution is -2.19. The Morgan fingerprint density at radius 3 is 3.00 bits per heavy atom. The van der Waals surface area contributed by atoms with Gasteiger partial charge in [-0.2, -0.15) is 5.10 Å². The number of nitrogens with zero attached hydrogens (tertiary/aromatic N) is 2. The molecule has 3 heteroatoms. The van der Waals surface area contributed by atoms with E-state index in [9.17, 15) is 0 Å². The molecule has 2 rings (SSSR count). The van der Waals surface area contributed by atoms with Gasteiger partial charge in [0, 0.05) is 25.5 Å². The average Bonchev–Trinajstić information content (AvgIpc) is 2.77. The number of hydrogen-bond donors (Lipinski definition) is 1. The van der Waals surface area contributed by atoms with Crippen LogP contribution in [0.1, 0.15) is 11.1 Å². The maximum absolute atomic E-state index is 4.15. The van der Waals surface area contributed by atoms with Crippen LogP contribution in [0.25, 0.3) is 0 Å². The third kappa shape index (κ3) is 3.21. The molecule has 84 valence electrons. The van der Waals surface area contributed by atoms with Crippen molar-refractivity contribution in [1.82, 2.24) is 15.1 Å². The molecule has 0 atom stereocenters. The van der Waals surface area contributed by atoms with Crippen LogP contribution >= 0.6 is 0 Å². The average molecular weight is 215 g/mol. The largest absolute Gasteiger partial charge is 0.311 e. The minimum atomic E-state index is 0.915. The summed E-state index contributed by atoms with van der Waals surface area (Å²) in [4.78, 5) is 0. The number of rotatable bonds is 5. The minimum absolute atomic E-state index is 0.915. The van der Waals surface area contributed by atoms with Crippen LogP contribution in [-0.4, -0.2) is 16.3 Å². The maximum atomic E-state index is 4.15. The van der Waals surface area contributed by atoms with E-state index in [1.807, 2.05) is 16.9 Å². The molecule has 1 N–H and O–H groups in total. The molecule has 1 heterocycles. The van der Waals surface area contributed by atoms with E-state index in [1.165, 1.54) is 11.1 Å². The first-order valence-electron chi connectivity index (χ1n) is 5.58. The highest BCUT2D eigenvalue weighted by molar-refractivity contribution is 5.21. The summed E-state index contributed by atoms with van der Waals surface area (Å²) in [7, 11) is 0. The Kier molecular flexibility index (Phi) is 3.72. The van der Waals surface area contributed by atoms with E-state index in [2.05, 4.69) is 41.6 Å². The second-order valence-electron chi connectivity index (χ2n) is 3.93. The fourth-order valence-electron chi connectivity index (χ4n) is 1.68. The van der Waals surface area contributed by atoms with E-state index in [1.54, 1.807) is 6.20 Å². The second-order valence-corrected chi connectivity index (χ2v) is 3.93. The van der Waals surface area contributed by atoms with Gasteiger partial charge in [-0.1, -0.05) is 29.8 Å². The summed E-state index contributed by atoms with van der Waals surface area (Å²) in [5.74, 6) is 0. The zero-order valence-corrected chi connectivity index (χ0v) is 9.56. The van der Waals surface area contributed by atoms with Crippen LogP contribution in [0.3, 0.4) is 0 Å². The lowest BCUT2D eigenvalue weighted by Gasteiger charge is -2.05. The van der Waals surface area contributed by atoms with Crippen LogP contribution in [0.15, 0.2) is 42.7 Å². The van der Waals surface area contributed by atoms with Crippen LogP contribution in [0.5, 0.6) is 0 Å². The predicted molar refractivity (Wildman–Crippen MR) is 65.1 cm³/mol. The number of benzene rings is 1.